The Kier molecular flexibility index (Phi) is 1.82. The number of aromatic nitrogens is 3. The molecule has 2 aromatic rings. The van der Waals surface area contributed by atoms with E-state index in [1.54, 1.807) is 24.7 Å². The lowest BCUT2D eigenvalue weighted by atomic mass is 10.00. The third-order valence-corrected chi connectivity index (χ3v) is 2.18. The van der Waals surface area contributed by atoms with Crippen LogP contribution in [0.15, 0.2) is 18.5 Å². The Morgan fingerprint density at radius 1 is 1.43 bits per heavy atom. The molecule has 0 aliphatic heterocycles. The van der Waals surface area contributed by atoms with Crippen molar-refractivity contribution in [3.63, 3.8) is 0 Å². The molecular weight excluding hydrogens is 178 g/mol. The summed E-state index contributed by atoms with van der Waals surface area (Å²) in [6.07, 6.45) is 3.55. The molecule has 0 atom stereocenters. The van der Waals surface area contributed by atoms with Crippen LogP contribution in [0.4, 0.5) is 0 Å². The van der Waals surface area contributed by atoms with E-state index in [1.807, 2.05) is 19.3 Å². The van der Waals surface area contributed by atoms with E-state index in [2.05, 4.69) is 10.1 Å². The van der Waals surface area contributed by atoms with Crippen molar-refractivity contribution in [3.8, 4) is 0 Å². The van der Waals surface area contributed by atoms with Crippen molar-refractivity contribution in [3.05, 3.63) is 24.0 Å². The van der Waals surface area contributed by atoms with Crippen LogP contribution in [0.5, 0.6) is 0 Å². The molecule has 0 fully saturated rings. The Balaban J connectivity index is 2.62. The van der Waals surface area contributed by atoms with Crippen LogP contribution in [-0.4, -0.2) is 19.9 Å². The SMILES string of the molecule is Cn1cc2cc(C(C)(C)O)cnc2n1. The van der Waals surface area contributed by atoms with Crippen molar-refractivity contribution < 1.29 is 5.11 Å². The zero-order chi connectivity index (χ0) is 10.3. The summed E-state index contributed by atoms with van der Waals surface area (Å²) in [4.78, 5) is 4.18. The van der Waals surface area contributed by atoms with Crippen LogP contribution in [-0.2, 0) is 12.6 Å². The number of hydrogen-bond acceptors (Lipinski definition) is 3. The monoisotopic (exact) mass is 191 g/mol. The smallest absolute Gasteiger partial charge is 0.181 e. The van der Waals surface area contributed by atoms with Gasteiger partial charge in [-0.15, -0.1) is 0 Å². The van der Waals surface area contributed by atoms with E-state index in [0.29, 0.717) is 5.65 Å². The molecular formula is C10H13N3O. The van der Waals surface area contributed by atoms with Crippen molar-refractivity contribution in [2.45, 2.75) is 19.4 Å². The number of aryl methyl sites for hydroxylation is 1. The van der Waals surface area contributed by atoms with E-state index in [4.69, 9.17) is 0 Å². The lowest BCUT2D eigenvalue weighted by molar-refractivity contribution is 0.0784. The van der Waals surface area contributed by atoms with Crippen LogP contribution in [0.3, 0.4) is 0 Å². The van der Waals surface area contributed by atoms with Gasteiger partial charge in [-0.3, -0.25) is 4.68 Å². The minimum atomic E-state index is -0.850. The van der Waals surface area contributed by atoms with E-state index in [1.165, 1.54) is 0 Å². The third kappa shape index (κ3) is 1.48. The second-order valence-electron chi connectivity index (χ2n) is 4.00. The lowest BCUT2D eigenvalue weighted by Crippen LogP contribution is -2.15. The van der Waals surface area contributed by atoms with Crippen molar-refractivity contribution in [1.29, 1.82) is 0 Å². The standard InChI is InChI=1S/C10H13N3O/c1-10(2,14)8-4-7-6-13(3)12-9(7)11-5-8/h4-6,14H,1-3H3. The number of hydrogen-bond donors (Lipinski definition) is 1. The van der Waals surface area contributed by atoms with Gasteiger partial charge in [0, 0.05) is 30.4 Å². The lowest BCUT2D eigenvalue weighted by Gasteiger charge is -2.16. The predicted molar refractivity (Wildman–Crippen MR) is 53.8 cm³/mol. The molecule has 0 bridgehead atoms. The van der Waals surface area contributed by atoms with Crippen molar-refractivity contribution in [2.24, 2.45) is 7.05 Å². The van der Waals surface area contributed by atoms with Crippen LogP contribution >= 0.6 is 0 Å². The second kappa shape index (κ2) is 2.78. The molecule has 2 heterocycles. The van der Waals surface area contributed by atoms with E-state index < -0.39 is 5.60 Å². The summed E-state index contributed by atoms with van der Waals surface area (Å²) < 4.78 is 1.71. The summed E-state index contributed by atoms with van der Waals surface area (Å²) in [6, 6.07) is 1.91. The molecule has 0 saturated carbocycles. The third-order valence-electron chi connectivity index (χ3n) is 2.18. The van der Waals surface area contributed by atoms with Gasteiger partial charge in [0.15, 0.2) is 5.65 Å². The average Bonchev–Trinajstić information content (AvgIpc) is 2.41. The summed E-state index contributed by atoms with van der Waals surface area (Å²) in [5.41, 5.74) is 0.662. The summed E-state index contributed by atoms with van der Waals surface area (Å²) in [5.74, 6) is 0. The number of pyridine rings is 1. The molecule has 4 heteroatoms. The average molecular weight is 191 g/mol. The molecule has 0 aliphatic carbocycles. The fourth-order valence-electron chi connectivity index (χ4n) is 1.37. The molecule has 0 aliphatic rings. The minimum Gasteiger partial charge on any atom is -0.386 e. The molecule has 0 unspecified atom stereocenters. The highest BCUT2D eigenvalue weighted by Gasteiger charge is 2.17. The first-order valence-electron chi connectivity index (χ1n) is 4.49. The summed E-state index contributed by atoms with van der Waals surface area (Å²) in [6.45, 7) is 3.48. The molecule has 0 saturated heterocycles. The van der Waals surface area contributed by atoms with Gasteiger partial charge in [-0.2, -0.15) is 5.10 Å². The summed E-state index contributed by atoms with van der Waals surface area (Å²) in [5, 5.41) is 14.9. The van der Waals surface area contributed by atoms with Gasteiger partial charge in [-0.1, -0.05) is 0 Å². The maximum atomic E-state index is 9.79. The highest BCUT2D eigenvalue weighted by Crippen LogP contribution is 2.21. The first-order valence-corrected chi connectivity index (χ1v) is 4.49. The second-order valence-corrected chi connectivity index (χ2v) is 4.00. The molecule has 0 amide bonds. The van der Waals surface area contributed by atoms with Gasteiger partial charge in [0.05, 0.1) is 5.60 Å². The molecule has 2 rings (SSSR count). The van der Waals surface area contributed by atoms with Gasteiger partial charge < -0.3 is 5.11 Å². The fourth-order valence-corrected chi connectivity index (χ4v) is 1.37. The van der Waals surface area contributed by atoms with Crippen molar-refractivity contribution in [2.75, 3.05) is 0 Å². The van der Waals surface area contributed by atoms with Crippen LogP contribution in [0.1, 0.15) is 19.4 Å². The van der Waals surface area contributed by atoms with Crippen LogP contribution in [0.25, 0.3) is 11.0 Å². The topological polar surface area (TPSA) is 50.9 Å². The number of aliphatic hydroxyl groups is 1. The number of fused-ring (bicyclic) bond motifs is 1. The number of rotatable bonds is 1. The molecule has 0 aromatic carbocycles. The predicted octanol–water partition coefficient (Wildman–Crippen LogP) is 1.20. The van der Waals surface area contributed by atoms with Gasteiger partial charge >= 0.3 is 0 Å². The molecule has 0 spiro atoms. The Bertz CT molecular complexity index is 468. The van der Waals surface area contributed by atoms with E-state index in [0.717, 1.165) is 10.9 Å². The van der Waals surface area contributed by atoms with Crippen molar-refractivity contribution in [1.82, 2.24) is 14.8 Å². The Labute approximate surface area is 82.2 Å². The van der Waals surface area contributed by atoms with E-state index >= 15 is 0 Å². The molecule has 74 valence electrons. The van der Waals surface area contributed by atoms with Crippen LogP contribution in [0, 0.1) is 0 Å². The largest absolute Gasteiger partial charge is 0.386 e. The van der Waals surface area contributed by atoms with E-state index in [9.17, 15) is 5.11 Å². The number of nitrogens with zero attached hydrogens (tertiary/aromatic N) is 3. The quantitative estimate of drug-likeness (QED) is 0.736. The van der Waals surface area contributed by atoms with Gasteiger partial charge in [0.25, 0.3) is 0 Å². The summed E-state index contributed by atoms with van der Waals surface area (Å²) in [7, 11) is 1.85. The van der Waals surface area contributed by atoms with E-state index in [-0.39, 0.29) is 0 Å². The molecule has 1 N–H and O–H groups in total. The highest BCUT2D eigenvalue weighted by molar-refractivity contribution is 5.74. The zero-order valence-corrected chi connectivity index (χ0v) is 8.52. The Morgan fingerprint density at radius 2 is 2.14 bits per heavy atom. The van der Waals surface area contributed by atoms with Gasteiger partial charge in [0.1, 0.15) is 0 Å². The molecule has 4 nitrogen and oxygen atoms in total. The minimum absolute atomic E-state index is 0.709. The van der Waals surface area contributed by atoms with Gasteiger partial charge in [-0.05, 0) is 19.9 Å². The van der Waals surface area contributed by atoms with Crippen molar-refractivity contribution >= 4 is 11.0 Å². The van der Waals surface area contributed by atoms with Crippen LogP contribution < -0.4 is 0 Å². The Hall–Kier alpha value is -1.42. The maximum Gasteiger partial charge on any atom is 0.181 e. The first-order chi connectivity index (χ1) is 6.47. The van der Waals surface area contributed by atoms with Gasteiger partial charge in [-0.25, -0.2) is 4.98 Å². The maximum absolute atomic E-state index is 9.79. The molecule has 0 radical (unpaired) electrons. The summed E-state index contributed by atoms with van der Waals surface area (Å²) >= 11 is 0. The fraction of sp³-hybridized carbons (Fsp3) is 0.400. The first kappa shape index (κ1) is 9.15. The van der Waals surface area contributed by atoms with Crippen LogP contribution in [0.2, 0.25) is 0 Å². The zero-order valence-electron chi connectivity index (χ0n) is 8.52. The normalized spacial score (nSPS) is 12.3. The molecule has 2 aromatic heterocycles. The molecule has 14 heavy (non-hydrogen) atoms. The highest BCUT2D eigenvalue weighted by atomic mass is 16.3. The van der Waals surface area contributed by atoms with Gasteiger partial charge in [0.2, 0.25) is 0 Å². The Morgan fingerprint density at radius 3 is 2.79 bits per heavy atom.